The maximum absolute atomic E-state index is 11.7. The van der Waals surface area contributed by atoms with Crippen LogP contribution in [0, 0.1) is 13.8 Å². The van der Waals surface area contributed by atoms with Gasteiger partial charge in [-0.3, -0.25) is 10.2 Å². The third kappa shape index (κ3) is 2.33. The van der Waals surface area contributed by atoms with Crippen molar-refractivity contribution in [2.45, 2.75) is 13.8 Å². The molecule has 76 valence electrons. The second-order valence-corrected chi connectivity index (χ2v) is 3.58. The maximum Gasteiger partial charge on any atom is 0.265 e. The van der Waals surface area contributed by atoms with Crippen molar-refractivity contribution in [1.82, 2.24) is 10.4 Å². The average molecular weight is 192 g/mol. The zero-order valence-electron chi connectivity index (χ0n) is 9.09. The number of hydrogen-bond acceptors (Lipinski definition) is 2. The Kier molecular flexibility index (Phi) is 3.25. The number of rotatable bonds is 2. The normalized spacial score (nSPS) is 10.4. The standard InChI is InChI=1S/C11H16N2O/c1-8-6-5-7-10(9(8)2)11(14)12-13(3)4/h5-7H,1-4H3,(H,12,14). The van der Waals surface area contributed by atoms with Gasteiger partial charge in [0.05, 0.1) is 0 Å². The Balaban J connectivity index is 2.96. The highest BCUT2D eigenvalue weighted by molar-refractivity contribution is 5.95. The number of benzene rings is 1. The van der Waals surface area contributed by atoms with Crippen LogP contribution < -0.4 is 5.43 Å². The van der Waals surface area contributed by atoms with Crippen molar-refractivity contribution in [2.24, 2.45) is 0 Å². The van der Waals surface area contributed by atoms with E-state index in [0.29, 0.717) is 0 Å². The zero-order chi connectivity index (χ0) is 10.7. The van der Waals surface area contributed by atoms with Crippen LogP contribution in [0.15, 0.2) is 18.2 Å². The second-order valence-electron chi connectivity index (χ2n) is 3.58. The Morgan fingerprint density at radius 3 is 2.50 bits per heavy atom. The van der Waals surface area contributed by atoms with Gasteiger partial charge in [0, 0.05) is 19.7 Å². The molecule has 0 bridgehead atoms. The first-order valence-corrected chi connectivity index (χ1v) is 4.57. The Labute approximate surface area is 84.7 Å². The number of nitrogens with one attached hydrogen (secondary N) is 1. The molecule has 0 radical (unpaired) electrons. The summed E-state index contributed by atoms with van der Waals surface area (Å²) in [5.41, 5.74) is 5.63. The third-order valence-electron chi connectivity index (χ3n) is 2.17. The number of hydrazine groups is 1. The highest BCUT2D eigenvalue weighted by atomic mass is 16.2. The molecule has 0 aliphatic rings. The topological polar surface area (TPSA) is 32.3 Å². The first-order valence-electron chi connectivity index (χ1n) is 4.57. The fourth-order valence-corrected chi connectivity index (χ4v) is 1.26. The van der Waals surface area contributed by atoms with Gasteiger partial charge in [-0.1, -0.05) is 12.1 Å². The predicted octanol–water partition coefficient (Wildman–Crippen LogP) is 1.51. The summed E-state index contributed by atoms with van der Waals surface area (Å²) in [7, 11) is 3.59. The van der Waals surface area contributed by atoms with E-state index in [4.69, 9.17) is 0 Å². The molecule has 1 aromatic rings. The van der Waals surface area contributed by atoms with E-state index in [2.05, 4.69) is 5.43 Å². The average Bonchev–Trinajstić information content (AvgIpc) is 2.08. The van der Waals surface area contributed by atoms with E-state index in [-0.39, 0.29) is 5.91 Å². The van der Waals surface area contributed by atoms with E-state index in [1.54, 1.807) is 19.1 Å². The molecule has 0 spiro atoms. The lowest BCUT2D eigenvalue weighted by atomic mass is 10.0. The molecule has 0 heterocycles. The van der Waals surface area contributed by atoms with Gasteiger partial charge in [0.2, 0.25) is 0 Å². The van der Waals surface area contributed by atoms with Gasteiger partial charge in [0.1, 0.15) is 0 Å². The van der Waals surface area contributed by atoms with Gasteiger partial charge in [0.25, 0.3) is 5.91 Å². The predicted molar refractivity (Wildman–Crippen MR) is 57.1 cm³/mol. The van der Waals surface area contributed by atoms with E-state index in [1.165, 1.54) is 0 Å². The summed E-state index contributed by atoms with van der Waals surface area (Å²) in [5, 5.41) is 1.64. The quantitative estimate of drug-likeness (QED) is 0.720. The van der Waals surface area contributed by atoms with Gasteiger partial charge < -0.3 is 0 Å². The van der Waals surface area contributed by atoms with Crippen molar-refractivity contribution < 1.29 is 4.79 Å². The summed E-state index contributed by atoms with van der Waals surface area (Å²) in [5.74, 6) is -0.0591. The molecular formula is C11H16N2O. The minimum atomic E-state index is -0.0591. The lowest BCUT2D eigenvalue weighted by Gasteiger charge is -2.13. The van der Waals surface area contributed by atoms with Crippen molar-refractivity contribution in [1.29, 1.82) is 0 Å². The van der Waals surface area contributed by atoms with Crippen LogP contribution in [0.25, 0.3) is 0 Å². The first-order chi connectivity index (χ1) is 6.52. The van der Waals surface area contributed by atoms with E-state index in [1.807, 2.05) is 32.0 Å². The van der Waals surface area contributed by atoms with Crippen LogP contribution in [0.5, 0.6) is 0 Å². The fourth-order valence-electron chi connectivity index (χ4n) is 1.26. The van der Waals surface area contributed by atoms with Crippen LogP contribution in [0.4, 0.5) is 0 Å². The third-order valence-corrected chi connectivity index (χ3v) is 2.17. The summed E-state index contributed by atoms with van der Waals surface area (Å²) in [6, 6.07) is 5.73. The summed E-state index contributed by atoms with van der Waals surface area (Å²) >= 11 is 0. The van der Waals surface area contributed by atoms with Crippen molar-refractivity contribution in [2.75, 3.05) is 14.1 Å². The van der Waals surface area contributed by atoms with Crippen LogP contribution in [0.2, 0.25) is 0 Å². The van der Waals surface area contributed by atoms with Gasteiger partial charge in [-0.25, -0.2) is 5.01 Å². The molecule has 0 aliphatic heterocycles. The van der Waals surface area contributed by atoms with Crippen LogP contribution >= 0.6 is 0 Å². The number of amides is 1. The van der Waals surface area contributed by atoms with Gasteiger partial charge in [-0.2, -0.15) is 0 Å². The summed E-state index contributed by atoms with van der Waals surface area (Å²) in [6.07, 6.45) is 0. The van der Waals surface area contributed by atoms with Crippen molar-refractivity contribution in [3.63, 3.8) is 0 Å². The van der Waals surface area contributed by atoms with E-state index in [0.717, 1.165) is 16.7 Å². The highest BCUT2D eigenvalue weighted by Gasteiger charge is 2.09. The Hall–Kier alpha value is -1.35. The minimum Gasteiger partial charge on any atom is -0.285 e. The molecule has 0 saturated heterocycles. The maximum atomic E-state index is 11.7. The molecule has 3 nitrogen and oxygen atoms in total. The van der Waals surface area contributed by atoms with Crippen molar-refractivity contribution >= 4 is 5.91 Å². The molecule has 0 unspecified atom stereocenters. The smallest absolute Gasteiger partial charge is 0.265 e. The molecule has 0 saturated carbocycles. The van der Waals surface area contributed by atoms with Gasteiger partial charge in [-0.05, 0) is 31.0 Å². The number of aryl methyl sites for hydroxylation is 1. The molecule has 1 amide bonds. The van der Waals surface area contributed by atoms with Crippen molar-refractivity contribution in [3.05, 3.63) is 34.9 Å². The van der Waals surface area contributed by atoms with Gasteiger partial charge in [0.15, 0.2) is 0 Å². The molecule has 1 rings (SSSR count). The number of nitrogens with zero attached hydrogens (tertiary/aromatic N) is 1. The number of hydrogen-bond donors (Lipinski definition) is 1. The minimum absolute atomic E-state index is 0.0591. The zero-order valence-corrected chi connectivity index (χ0v) is 9.09. The number of carbonyl (C=O) groups excluding carboxylic acids is 1. The highest BCUT2D eigenvalue weighted by Crippen LogP contribution is 2.12. The van der Waals surface area contributed by atoms with E-state index < -0.39 is 0 Å². The molecule has 1 aromatic carbocycles. The van der Waals surface area contributed by atoms with Crippen molar-refractivity contribution in [3.8, 4) is 0 Å². The molecule has 1 N–H and O–H groups in total. The number of carbonyl (C=O) groups is 1. The lowest BCUT2D eigenvalue weighted by Crippen LogP contribution is -2.36. The lowest BCUT2D eigenvalue weighted by molar-refractivity contribution is 0.0856. The molecule has 0 atom stereocenters. The first kappa shape index (κ1) is 10.7. The van der Waals surface area contributed by atoms with Gasteiger partial charge in [-0.15, -0.1) is 0 Å². The monoisotopic (exact) mass is 192 g/mol. The molecule has 3 heteroatoms. The molecule has 0 fully saturated rings. The van der Waals surface area contributed by atoms with Crippen LogP contribution in [0.3, 0.4) is 0 Å². The molecule has 14 heavy (non-hydrogen) atoms. The van der Waals surface area contributed by atoms with Gasteiger partial charge >= 0.3 is 0 Å². The summed E-state index contributed by atoms with van der Waals surface area (Å²) < 4.78 is 0. The Morgan fingerprint density at radius 2 is 1.93 bits per heavy atom. The summed E-state index contributed by atoms with van der Waals surface area (Å²) in [4.78, 5) is 11.7. The molecule has 0 aliphatic carbocycles. The molecular weight excluding hydrogens is 176 g/mol. The van der Waals surface area contributed by atoms with Crippen LogP contribution in [-0.2, 0) is 0 Å². The summed E-state index contributed by atoms with van der Waals surface area (Å²) in [6.45, 7) is 3.96. The van der Waals surface area contributed by atoms with E-state index >= 15 is 0 Å². The van der Waals surface area contributed by atoms with E-state index in [9.17, 15) is 4.79 Å². The SMILES string of the molecule is Cc1cccc(C(=O)NN(C)C)c1C. The molecule has 0 aromatic heterocycles. The Morgan fingerprint density at radius 1 is 1.29 bits per heavy atom. The van der Waals surface area contributed by atoms with Crippen LogP contribution in [0.1, 0.15) is 21.5 Å². The fraction of sp³-hybridized carbons (Fsp3) is 0.364. The van der Waals surface area contributed by atoms with Crippen LogP contribution in [-0.4, -0.2) is 25.0 Å². The second kappa shape index (κ2) is 4.24. The Bertz CT molecular complexity index is 345. The largest absolute Gasteiger partial charge is 0.285 e.